The smallest absolute Gasteiger partial charge is 0.227 e. The Morgan fingerprint density at radius 3 is 2.67 bits per heavy atom. The summed E-state index contributed by atoms with van der Waals surface area (Å²) < 4.78 is 19.4. The van der Waals surface area contributed by atoms with Crippen LogP contribution in [0.5, 0.6) is 5.75 Å². The van der Waals surface area contributed by atoms with Crippen LogP contribution in [0, 0.1) is 11.7 Å². The van der Waals surface area contributed by atoms with E-state index in [1.54, 1.807) is 12.4 Å². The van der Waals surface area contributed by atoms with Crippen LogP contribution in [-0.2, 0) is 11.2 Å². The maximum absolute atomic E-state index is 13.6. The Hall–Kier alpha value is -2.70. The molecule has 1 aliphatic carbocycles. The highest BCUT2D eigenvalue weighted by atomic mass is 35.5. The second kappa shape index (κ2) is 8.98. The first-order chi connectivity index (χ1) is 14.5. The van der Waals surface area contributed by atoms with E-state index in [9.17, 15) is 9.18 Å². The van der Waals surface area contributed by atoms with Gasteiger partial charge >= 0.3 is 0 Å². The molecule has 8 heteroatoms. The lowest BCUT2D eigenvalue weighted by molar-refractivity contribution is -0.117. The molecule has 3 aromatic rings. The fourth-order valence-corrected chi connectivity index (χ4v) is 3.49. The van der Waals surface area contributed by atoms with Crippen molar-refractivity contribution >= 4 is 34.8 Å². The Morgan fingerprint density at radius 2 is 1.93 bits per heavy atom. The third kappa shape index (κ3) is 4.89. The molecule has 0 unspecified atom stereocenters. The van der Waals surface area contributed by atoms with Crippen LogP contribution >= 0.6 is 23.2 Å². The zero-order valence-corrected chi connectivity index (χ0v) is 17.4. The fourth-order valence-electron chi connectivity index (χ4n) is 2.93. The number of ether oxygens (including phenoxy) is 1. The van der Waals surface area contributed by atoms with Gasteiger partial charge in [0.15, 0.2) is 5.82 Å². The summed E-state index contributed by atoms with van der Waals surface area (Å²) in [4.78, 5) is 20.5. The minimum absolute atomic E-state index is 0.0141. The summed E-state index contributed by atoms with van der Waals surface area (Å²) in [7, 11) is 0. The molecular formula is C22H18Cl2FN3O2. The van der Waals surface area contributed by atoms with Gasteiger partial charge in [0.05, 0.1) is 29.7 Å². The molecule has 0 atom stereocenters. The summed E-state index contributed by atoms with van der Waals surface area (Å²) in [6.07, 6.45) is 5.42. The molecule has 1 aromatic heterocycles. The van der Waals surface area contributed by atoms with Crippen molar-refractivity contribution in [2.45, 2.75) is 19.3 Å². The third-order valence-corrected chi connectivity index (χ3v) is 5.48. The molecule has 0 radical (unpaired) electrons. The van der Waals surface area contributed by atoms with Gasteiger partial charge in [0.25, 0.3) is 0 Å². The summed E-state index contributed by atoms with van der Waals surface area (Å²) in [6, 6.07) is 10.0. The molecule has 1 fully saturated rings. The molecular weight excluding hydrogens is 428 g/mol. The van der Waals surface area contributed by atoms with Gasteiger partial charge in [-0.05, 0) is 42.7 Å². The number of carbonyl (C=O) groups is 1. The van der Waals surface area contributed by atoms with E-state index in [0.717, 1.165) is 18.4 Å². The van der Waals surface area contributed by atoms with Crippen molar-refractivity contribution < 1.29 is 13.9 Å². The number of anilines is 1. The number of halogens is 3. The van der Waals surface area contributed by atoms with Gasteiger partial charge in [0.2, 0.25) is 5.91 Å². The molecule has 0 spiro atoms. The van der Waals surface area contributed by atoms with Gasteiger partial charge in [-0.2, -0.15) is 0 Å². The molecule has 4 rings (SSSR count). The number of hydrogen-bond acceptors (Lipinski definition) is 4. The lowest BCUT2D eigenvalue weighted by Crippen LogP contribution is -2.13. The first kappa shape index (κ1) is 20.6. The lowest BCUT2D eigenvalue weighted by atomic mass is 10.1. The van der Waals surface area contributed by atoms with Gasteiger partial charge in [-0.15, -0.1) is 0 Å². The minimum atomic E-state index is -0.507. The zero-order valence-electron chi connectivity index (χ0n) is 15.9. The summed E-state index contributed by atoms with van der Waals surface area (Å²) in [5.41, 5.74) is 1.86. The van der Waals surface area contributed by atoms with E-state index < -0.39 is 5.82 Å². The average Bonchev–Trinajstić information content (AvgIpc) is 3.60. The first-order valence-corrected chi connectivity index (χ1v) is 10.3. The van der Waals surface area contributed by atoms with Crippen LogP contribution in [0.3, 0.4) is 0 Å². The van der Waals surface area contributed by atoms with Crippen molar-refractivity contribution in [3.05, 3.63) is 70.2 Å². The average molecular weight is 446 g/mol. The number of nitrogens with one attached hydrogen (secondary N) is 1. The quantitative estimate of drug-likeness (QED) is 0.483. The molecule has 30 heavy (non-hydrogen) atoms. The normalized spacial score (nSPS) is 13.2. The van der Waals surface area contributed by atoms with Crippen LogP contribution in [0.15, 0.2) is 48.8 Å². The van der Waals surface area contributed by atoms with E-state index in [2.05, 4.69) is 15.3 Å². The van der Waals surface area contributed by atoms with Crippen molar-refractivity contribution in [1.82, 2.24) is 9.97 Å². The highest BCUT2D eigenvalue weighted by molar-refractivity contribution is 6.36. The van der Waals surface area contributed by atoms with Crippen LogP contribution in [0.25, 0.3) is 11.4 Å². The van der Waals surface area contributed by atoms with Gasteiger partial charge in [-0.1, -0.05) is 35.3 Å². The van der Waals surface area contributed by atoms with E-state index in [0.29, 0.717) is 34.3 Å². The van der Waals surface area contributed by atoms with Crippen LogP contribution in [0.1, 0.15) is 18.4 Å². The molecule has 0 aliphatic heterocycles. The van der Waals surface area contributed by atoms with Gasteiger partial charge < -0.3 is 10.1 Å². The van der Waals surface area contributed by atoms with Crippen molar-refractivity contribution in [3.8, 4) is 17.1 Å². The summed E-state index contributed by atoms with van der Waals surface area (Å²) in [5, 5.41) is 3.23. The molecule has 0 bridgehead atoms. The van der Waals surface area contributed by atoms with Gasteiger partial charge in [-0.3, -0.25) is 4.79 Å². The minimum Gasteiger partial charge on any atom is -0.493 e. The lowest BCUT2D eigenvalue weighted by Gasteiger charge is -2.10. The summed E-state index contributed by atoms with van der Waals surface area (Å²) >= 11 is 12.1. The molecule has 2 aromatic carbocycles. The van der Waals surface area contributed by atoms with Crippen LogP contribution in [0.2, 0.25) is 10.0 Å². The van der Waals surface area contributed by atoms with Crippen molar-refractivity contribution in [3.63, 3.8) is 0 Å². The maximum atomic E-state index is 13.6. The van der Waals surface area contributed by atoms with Crippen LogP contribution in [0.4, 0.5) is 10.1 Å². The Kier molecular flexibility index (Phi) is 6.16. The number of rotatable bonds is 7. The van der Waals surface area contributed by atoms with E-state index in [1.807, 2.05) is 24.3 Å². The number of carbonyl (C=O) groups excluding carboxylic acids is 1. The standard InChI is InChI=1S/C22H18Cl2FN3O2/c23-18-6-7-19(25)20(24)17(18)8-9-30-16-3-1-2-14(10-16)21-26-11-15(12-27-21)28-22(29)13-4-5-13/h1-3,6-7,10-13H,4-5,8-9H2,(H,28,29). The number of hydrogen-bond donors (Lipinski definition) is 1. The summed E-state index contributed by atoms with van der Waals surface area (Å²) in [5.74, 6) is 0.759. The Labute approximate surface area is 183 Å². The zero-order chi connectivity index (χ0) is 21.1. The van der Waals surface area contributed by atoms with Gasteiger partial charge in [-0.25, -0.2) is 14.4 Å². The Balaban J connectivity index is 1.39. The second-order valence-corrected chi connectivity index (χ2v) is 7.79. The predicted octanol–water partition coefficient (Wildman–Crippen LogP) is 5.56. The molecule has 0 saturated heterocycles. The van der Waals surface area contributed by atoms with E-state index in [4.69, 9.17) is 27.9 Å². The number of benzene rings is 2. The highest BCUT2D eigenvalue weighted by Gasteiger charge is 2.29. The highest BCUT2D eigenvalue weighted by Crippen LogP contribution is 2.30. The van der Waals surface area contributed by atoms with E-state index in [1.165, 1.54) is 12.1 Å². The molecule has 1 N–H and O–H groups in total. The topological polar surface area (TPSA) is 64.1 Å². The fraction of sp³-hybridized carbons (Fsp3) is 0.227. The van der Waals surface area contributed by atoms with E-state index in [-0.39, 0.29) is 23.5 Å². The molecule has 5 nitrogen and oxygen atoms in total. The van der Waals surface area contributed by atoms with Crippen molar-refractivity contribution in [1.29, 1.82) is 0 Å². The van der Waals surface area contributed by atoms with Gasteiger partial charge in [0.1, 0.15) is 11.6 Å². The van der Waals surface area contributed by atoms with Crippen LogP contribution < -0.4 is 10.1 Å². The number of amides is 1. The summed E-state index contributed by atoms with van der Waals surface area (Å²) in [6.45, 7) is 0.277. The van der Waals surface area contributed by atoms with Crippen LogP contribution in [-0.4, -0.2) is 22.5 Å². The molecule has 1 amide bonds. The Bertz CT molecular complexity index is 1070. The predicted molar refractivity (Wildman–Crippen MR) is 114 cm³/mol. The first-order valence-electron chi connectivity index (χ1n) is 9.50. The Morgan fingerprint density at radius 1 is 1.17 bits per heavy atom. The number of aromatic nitrogens is 2. The number of nitrogens with zero attached hydrogens (tertiary/aromatic N) is 2. The molecule has 1 heterocycles. The second-order valence-electron chi connectivity index (χ2n) is 7.01. The van der Waals surface area contributed by atoms with Gasteiger partial charge in [0, 0.05) is 22.9 Å². The molecule has 1 aliphatic rings. The van der Waals surface area contributed by atoms with Crippen molar-refractivity contribution in [2.75, 3.05) is 11.9 Å². The largest absolute Gasteiger partial charge is 0.493 e. The van der Waals surface area contributed by atoms with Crippen molar-refractivity contribution in [2.24, 2.45) is 5.92 Å². The third-order valence-electron chi connectivity index (χ3n) is 4.72. The molecule has 1 saturated carbocycles. The van der Waals surface area contributed by atoms with E-state index >= 15 is 0 Å². The monoisotopic (exact) mass is 445 g/mol. The SMILES string of the molecule is O=C(Nc1cnc(-c2cccc(OCCc3c(Cl)ccc(F)c3Cl)c2)nc1)C1CC1. The molecule has 154 valence electrons. The maximum Gasteiger partial charge on any atom is 0.227 e.